The molecule has 2 atom stereocenters. The topological polar surface area (TPSA) is 49.9 Å². The van der Waals surface area contributed by atoms with Gasteiger partial charge in [-0.3, -0.25) is 9.59 Å². The van der Waals surface area contributed by atoms with Crippen LogP contribution in [0.3, 0.4) is 0 Å². The number of nitrogens with zero attached hydrogens (tertiary/aromatic N) is 2. The second kappa shape index (κ2) is 8.05. The Balaban J connectivity index is 1.42. The fraction of sp³-hybridized carbons (Fsp3) is 0.391. The number of piperazine rings is 1. The summed E-state index contributed by atoms with van der Waals surface area (Å²) < 4.78 is 5.86. The predicted octanol–water partition coefficient (Wildman–Crippen LogP) is 3.14. The van der Waals surface area contributed by atoms with E-state index in [-0.39, 0.29) is 17.9 Å². The van der Waals surface area contributed by atoms with Crippen LogP contribution < -0.4 is 4.74 Å². The van der Waals surface area contributed by atoms with E-state index in [0.29, 0.717) is 24.5 Å². The van der Waals surface area contributed by atoms with Crippen LogP contribution in [0.4, 0.5) is 0 Å². The molecule has 5 heteroatoms. The monoisotopic (exact) mass is 378 g/mol. The number of carbonyl (C=O) groups is 2. The van der Waals surface area contributed by atoms with E-state index < -0.39 is 6.04 Å². The van der Waals surface area contributed by atoms with Crippen LogP contribution in [0.25, 0.3) is 0 Å². The van der Waals surface area contributed by atoms with E-state index in [1.807, 2.05) is 42.2 Å². The number of fused-ring (bicyclic) bond motifs is 1. The minimum atomic E-state index is -0.412. The van der Waals surface area contributed by atoms with E-state index in [1.165, 1.54) is 5.56 Å². The molecule has 5 nitrogen and oxygen atoms in total. The van der Waals surface area contributed by atoms with Gasteiger partial charge in [-0.1, -0.05) is 36.4 Å². The van der Waals surface area contributed by atoms with Crippen molar-refractivity contribution in [1.82, 2.24) is 9.80 Å². The van der Waals surface area contributed by atoms with Crippen LogP contribution in [0, 0.1) is 0 Å². The number of rotatable bonds is 5. The van der Waals surface area contributed by atoms with E-state index in [1.54, 1.807) is 17.0 Å². The molecule has 0 aromatic heterocycles. The molecule has 2 heterocycles. The molecule has 28 heavy (non-hydrogen) atoms. The summed E-state index contributed by atoms with van der Waals surface area (Å²) in [6, 6.07) is 17.2. The molecule has 0 radical (unpaired) electrons. The quantitative estimate of drug-likeness (QED) is 0.803. The molecule has 2 aromatic carbocycles. The van der Waals surface area contributed by atoms with Gasteiger partial charge in [0.2, 0.25) is 5.91 Å². The van der Waals surface area contributed by atoms with Gasteiger partial charge < -0.3 is 14.5 Å². The van der Waals surface area contributed by atoms with Crippen molar-refractivity contribution in [3.8, 4) is 5.75 Å². The lowest BCUT2D eigenvalue weighted by Gasteiger charge is -2.41. The summed E-state index contributed by atoms with van der Waals surface area (Å²) in [5, 5.41) is 0. The lowest BCUT2D eigenvalue weighted by molar-refractivity contribution is -0.141. The summed E-state index contributed by atoms with van der Waals surface area (Å²) in [4.78, 5) is 29.4. The van der Waals surface area contributed by atoms with Crippen molar-refractivity contribution in [2.75, 3.05) is 19.7 Å². The van der Waals surface area contributed by atoms with Gasteiger partial charge in [-0.2, -0.15) is 0 Å². The third-order valence-corrected chi connectivity index (χ3v) is 5.74. The maximum Gasteiger partial charge on any atom is 0.254 e. The smallest absolute Gasteiger partial charge is 0.254 e. The number of amides is 2. The number of hydrogen-bond acceptors (Lipinski definition) is 3. The van der Waals surface area contributed by atoms with Gasteiger partial charge in [0.1, 0.15) is 11.8 Å². The minimum absolute atomic E-state index is 0.0670. The standard InChI is InChI=1S/C23H26N2O3/c1-17-22(26)24-13-6-10-20(24)16-25(17)23(27)19-9-5-11-21(15-19)28-14-12-18-7-3-2-4-8-18/h2-5,7-9,11,15,17,20H,6,10,12-14,16H2,1H3/t17-,20+/m1/s1. The summed E-state index contributed by atoms with van der Waals surface area (Å²) in [6.45, 7) is 3.82. The van der Waals surface area contributed by atoms with E-state index in [2.05, 4.69) is 12.1 Å². The zero-order valence-electron chi connectivity index (χ0n) is 16.2. The van der Waals surface area contributed by atoms with Crippen molar-refractivity contribution >= 4 is 11.8 Å². The first-order valence-corrected chi connectivity index (χ1v) is 10.0. The molecule has 0 aliphatic carbocycles. The predicted molar refractivity (Wildman–Crippen MR) is 107 cm³/mol. The number of benzene rings is 2. The average molecular weight is 378 g/mol. The molecule has 0 unspecified atom stereocenters. The maximum absolute atomic E-state index is 13.1. The SMILES string of the molecule is C[C@@H]1C(=O)N2CCC[C@H]2CN1C(=O)c1cccc(OCCc2ccccc2)c1. The molecule has 0 bridgehead atoms. The molecule has 4 rings (SSSR count). The van der Waals surface area contributed by atoms with Crippen LogP contribution in [0.15, 0.2) is 54.6 Å². The Bertz CT molecular complexity index is 852. The molecule has 2 aliphatic heterocycles. The minimum Gasteiger partial charge on any atom is -0.493 e. The van der Waals surface area contributed by atoms with Crippen molar-refractivity contribution in [1.29, 1.82) is 0 Å². The Hall–Kier alpha value is -2.82. The van der Waals surface area contributed by atoms with Crippen molar-refractivity contribution in [3.05, 3.63) is 65.7 Å². The van der Waals surface area contributed by atoms with Crippen LogP contribution in [0.5, 0.6) is 5.75 Å². The van der Waals surface area contributed by atoms with Gasteiger partial charge in [0.15, 0.2) is 0 Å². The Morgan fingerprint density at radius 2 is 1.96 bits per heavy atom. The molecule has 0 saturated carbocycles. The van der Waals surface area contributed by atoms with E-state index >= 15 is 0 Å². The van der Waals surface area contributed by atoms with Crippen molar-refractivity contribution in [3.63, 3.8) is 0 Å². The molecule has 2 aromatic rings. The van der Waals surface area contributed by atoms with Crippen LogP contribution in [0.1, 0.15) is 35.7 Å². The highest BCUT2D eigenvalue weighted by Crippen LogP contribution is 2.27. The van der Waals surface area contributed by atoms with Crippen molar-refractivity contribution < 1.29 is 14.3 Å². The van der Waals surface area contributed by atoms with Crippen LogP contribution in [-0.4, -0.2) is 53.4 Å². The fourth-order valence-electron chi connectivity index (χ4n) is 4.15. The van der Waals surface area contributed by atoms with Gasteiger partial charge in [-0.05, 0) is 43.5 Å². The molecule has 2 aliphatic rings. The number of carbonyl (C=O) groups excluding carboxylic acids is 2. The second-order valence-corrected chi connectivity index (χ2v) is 7.57. The molecular weight excluding hydrogens is 352 g/mol. The second-order valence-electron chi connectivity index (χ2n) is 7.57. The molecule has 2 amide bonds. The summed E-state index contributed by atoms with van der Waals surface area (Å²) in [7, 11) is 0. The molecule has 0 N–H and O–H groups in total. The van der Waals surface area contributed by atoms with Crippen LogP contribution in [-0.2, 0) is 11.2 Å². The summed E-state index contributed by atoms with van der Waals surface area (Å²) in [5.41, 5.74) is 1.79. The fourth-order valence-corrected chi connectivity index (χ4v) is 4.15. The highest BCUT2D eigenvalue weighted by molar-refractivity contribution is 5.98. The Labute approximate surface area is 165 Å². The van der Waals surface area contributed by atoms with Gasteiger partial charge in [0.25, 0.3) is 5.91 Å². The molecule has 146 valence electrons. The van der Waals surface area contributed by atoms with E-state index in [9.17, 15) is 9.59 Å². The average Bonchev–Trinajstić information content (AvgIpc) is 3.20. The first-order valence-electron chi connectivity index (χ1n) is 10.0. The van der Waals surface area contributed by atoms with Gasteiger partial charge in [0.05, 0.1) is 6.61 Å². The van der Waals surface area contributed by atoms with Crippen molar-refractivity contribution in [2.45, 2.75) is 38.3 Å². The highest BCUT2D eigenvalue weighted by atomic mass is 16.5. The first-order chi connectivity index (χ1) is 13.6. The lowest BCUT2D eigenvalue weighted by atomic mass is 10.1. The molecule has 2 fully saturated rings. The van der Waals surface area contributed by atoms with Crippen molar-refractivity contribution in [2.24, 2.45) is 0 Å². The van der Waals surface area contributed by atoms with Crippen LogP contribution in [0.2, 0.25) is 0 Å². The third-order valence-electron chi connectivity index (χ3n) is 5.74. The molecule has 0 spiro atoms. The molecular formula is C23H26N2O3. The van der Waals surface area contributed by atoms with Gasteiger partial charge >= 0.3 is 0 Å². The van der Waals surface area contributed by atoms with E-state index in [0.717, 1.165) is 25.8 Å². The summed E-state index contributed by atoms with van der Waals surface area (Å²) in [5.74, 6) is 0.651. The lowest BCUT2D eigenvalue weighted by Crippen LogP contribution is -2.60. The first kappa shape index (κ1) is 18.5. The Kier molecular flexibility index (Phi) is 5.33. The molecule has 2 saturated heterocycles. The summed E-state index contributed by atoms with van der Waals surface area (Å²) >= 11 is 0. The third kappa shape index (κ3) is 3.75. The normalized spacial score (nSPS) is 21.5. The van der Waals surface area contributed by atoms with Gasteiger partial charge in [-0.15, -0.1) is 0 Å². The van der Waals surface area contributed by atoms with Gasteiger partial charge in [0, 0.05) is 31.1 Å². The zero-order chi connectivity index (χ0) is 19.5. The zero-order valence-corrected chi connectivity index (χ0v) is 16.2. The highest BCUT2D eigenvalue weighted by Gasteiger charge is 2.42. The summed E-state index contributed by atoms with van der Waals surface area (Å²) in [6.07, 6.45) is 2.81. The Morgan fingerprint density at radius 1 is 1.14 bits per heavy atom. The largest absolute Gasteiger partial charge is 0.493 e. The number of ether oxygens (including phenoxy) is 1. The van der Waals surface area contributed by atoms with Crippen LogP contribution >= 0.6 is 0 Å². The maximum atomic E-state index is 13.1. The Morgan fingerprint density at radius 3 is 2.79 bits per heavy atom. The number of hydrogen-bond donors (Lipinski definition) is 0. The van der Waals surface area contributed by atoms with Gasteiger partial charge in [-0.25, -0.2) is 0 Å². The van der Waals surface area contributed by atoms with E-state index in [4.69, 9.17) is 4.74 Å².